The molecule has 6 heteroatoms. The van der Waals surface area contributed by atoms with Crippen molar-refractivity contribution in [1.29, 1.82) is 0 Å². The summed E-state index contributed by atoms with van der Waals surface area (Å²) >= 11 is 6.25. The average Bonchev–Trinajstić information content (AvgIpc) is 3.28. The maximum atomic E-state index is 13.5. The van der Waals surface area contributed by atoms with Gasteiger partial charge in [-0.05, 0) is 75.7 Å². The van der Waals surface area contributed by atoms with Gasteiger partial charge >= 0.3 is 5.97 Å². The van der Waals surface area contributed by atoms with Gasteiger partial charge in [0.25, 0.3) is 0 Å². The van der Waals surface area contributed by atoms with Crippen molar-refractivity contribution in [3.8, 4) is 0 Å². The van der Waals surface area contributed by atoms with E-state index in [0.29, 0.717) is 23.9 Å². The summed E-state index contributed by atoms with van der Waals surface area (Å²) in [5, 5.41) is 0.784. The lowest BCUT2D eigenvalue weighted by Crippen LogP contribution is -2.55. The number of aliphatic imine (C=N–C) groups is 1. The minimum absolute atomic E-state index is 0.0771. The van der Waals surface area contributed by atoms with Gasteiger partial charge in [0.1, 0.15) is 0 Å². The van der Waals surface area contributed by atoms with E-state index >= 15 is 0 Å². The standard InChI is InChI=1S/C31H48ClN3O2/c1-5-6-20-31(30(36)37-4)28(35(22-33-31)26-13-8-7-9-14-26)21-24-12-10-11-15-27(24)29(34(2)3)23-16-18-25(32)19-17-23/h16-19,22,24,26-29H,5-15,20-21H2,1-4H3. The van der Waals surface area contributed by atoms with Crippen LogP contribution >= 0.6 is 11.6 Å². The van der Waals surface area contributed by atoms with Gasteiger partial charge in [-0.25, -0.2) is 4.79 Å². The molecule has 0 saturated heterocycles. The Morgan fingerprint density at radius 1 is 1.11 bits per heavy atom. The summed E-state index contributed by atoms with van der Waals surface area (Å²) in [5.41, 5.74) is 0.557. The molecule has 5 nitrogen and oxygen atoms in total. The Morgan fingerprint density at radius 2 is 1.78 bits per heavy atom. The number of rotatable bonds is 10. The summed E-state index contributed by atoms with van der Waals surface area (Å²) in [7, 11) is 5.95. The molecule has 2 saturated carbocycles. The van der Waals surface area contributed by atoms with Crippen molar-refractivity contribution in [3.63, 3.8) is 0 Å². The first-order chi connectivity index (χ1) is 17.9. The Bertz CT molecular complexity index is 898. The van der Waals surface area contributed by atoms with Gasteiger partial charge in [0.2, 0.25) is 0 Å². The molecule has 1 aliphatic heterocycles. The Kier molecular flexibility index (Phi) is 9.97. The number of benzene rings is 1. The highest BCUT2D eigenvalue weighted by Gasteiger charge is 2.54. The second-order valence-corrected chi connectivity index (χ2v) is 12.4. The van der Waals surface area contributed by atoms with Gasteiger partial charge in [0, 0.05) is 17.1 Å². The summed E-state index contributed by atoms with van der Waals surface area (Å²) < 4.78 is 5.48. The number of halogens is 1. The smallest absolute Gasteiger partial charge is 0.335 e. The van der Waals surface area contributed by atoms with Crippen LogP contribution in [0.4, 0.5) is 0 Å². The van der Waals surface area contributed by atoms with E-state index in [1.807, 2.05) is 18.5 Å². The summed E-state index contributed by atoms with van der Waals surface area (Å²) in [6.45, 7) is 2.20. The van der Waals surface area contributed by atoms with Crippen molar-refractivity contribution in [3.05, 3.63) is 34.9 Å². The van der Waals surface area contributed by atoms with E-state index in [-0.39, 0.29) is 12.0 Å². The van der Waals surface area contributed by atoms with E-state index in [2.05, 4.69) is 43.0 Å². The summed E-state index contributed by atoms with van der Waals surface area (Å²) in [4.78, 5) is 23.5. The Balaban J connectivity index is 1.67. The number of ether oxygens (including phenoxy) is 1. The first kappa shape index (κ1) is 28.4. The van der Waals surface area contributed by atoms with Crippen LogP contribution in [0, 0.1) is 11.8 Å². The monoisotopic (exact) mass is 529 g/mol. The van der Waals surface area contributed by atoms with E-state index in [4.69, 9.17) is 21.3 Å². The van der Waals surface area contributed by atoms with E-state index in [9.17, 15) is 4.79 Å². The SMILES string of the molecule is CCCCC1(C(=O)OC)N=CN(C2CCCCC2)C1CC1CCCCC1C(c1ccc(Cl)cc1)N(C)C. The van der Waals surface area contributed by atoms with Crippen LogP contribution in [-0.4, -0.2) is 60.9 Å². The van der Waals surface area contributed by atoms with Crippen molar-refractivity contribution in [2.45, 2.75) is 114 Å². The molecule has 0 spiro atoms. The Labute approximate surface area is 230 Å². The zero-order valence-electron chi connectivity index (χ0n) is 23.5. The quantitative estimate of drug-likeness (QED) is 0.298. The fraction of sp³-hybridized carbons (Fsp3) is 0.742. The van der Waals surface area contributed by atoms with Crippen molar-refractivity contribution in [1.82, 2.24) is 9.80 Å². The van der Waals surface area contributed by atoms with Crippen LogP contribution in [-0.2, 0) is 9.53 Å². The predicted octanol–water partition coefficient (Wildman–Crippen LogP) is 7.29. The molecule has 1 aromatic rings. The van der Waals surface area contributed by atoms with Crippen LogP contribution in [0.2, 0.25) is 5.02 Å². The maximum absolute atomic E-state index is 13.5. The van der Waals surface area contributed by atoms with Crippen LogP contribution in [0.25, 0.3) is 0 Å². The lowest BCUT2D eigenvalue weighted by Gasteiger charge is -2.46. The largest absolute Gasteiger partial charge is 0.467 e. The van der Waals surface area contributed by atoms with Gasteiger partial charge in [0.15, 0.2) is 5.54 Å². The molecule has 0 aromatic heterocycles. The number of carbonyl (C=O) groups is 1. The number of carbonyl (C=O) groups excluding carboxylic acids is 1. The highest BCUT2D eigenvalue weighted by atomic mass is 35.5. The fourth-order valence-corrected chi connectivity index (χ4v) is 7.72. The topological polar surface area (TPSA) is 45.1 Å². The predicted molar refractivity (Wildman–Crippen MR) is 153 cm³/mol. The molecule has 4 rings (SSSR count). The van der Waals surface area contributed by atoms with Crippen molar-refractivity contribution >= 4 is 23.9 Å². The molecule has 5 atom stereocenters. The molecule has 206 valence electrons. The molecule has 2 fully saturated rings. The van der Waals surface area contributed by atoms with E-state index < -0.39 is 5.54 Å². The third kappa shape index (κ3) is 6.19. The van der Waals surface area contributed by atoms with Gasteiger partial charge in [-0.15, -0.1) is 0 Å². The van der Waals surface area contributed by atoms with Crippen LogP contribution in [0.15, 0.2) is 29.3 Å². The lowest BCUT2D eigenvalue weighted by molar-refractivity contribution is -0.149. The number of hydrogen-bond donors (Lipinski definition) is 0. The fourth-order valence-electron chi connectivity index (χ4n) is 7.59. The average molecular weight is 530 g/mol. The van der Waals surface area contributed by atoms with Gasteiger partial charge in [-0.3, -0.25) is 4.99 Å². The zero-order valence-corrected chi connectivity index (χ0v) is 24.3. The molecule has 3 aliphatic rings. The molecule has 0 N–H and O–H groups in total. The molecule has 0 bridgehead atoms. The first-order valence-electron chi connectivity index (χ1n) is 14.7. The van der Waals surface area contributed by atoms with Gasteiger partial charge < -0.3 is 14.5 Å². The van der Waals surface area contributed by atoms with Crippen molar-refractivity contribution in [2.75, 3.05) is 21.2 Å². The van der Waals surface area contributed by atoms with Crippen LogP contribution in [0.1, 0.15) is 102 Å². The number of unbranched alkanes of at least 4 members (excludes halogenated alkanes) is 1. The van der Waals surface area contributed by atoms with Crippen LogP contribution < -0.4 is 0 Å². The first-order valence-corrected chi connectivity index (χ1v) is 15.1. The summed E-state index contributed by atoms with van der Waals surface area (Å²) in [6, 6.07) is 9.34. The normalized spacial score (nSPS) is 29.6. The van der Waals surface area contributed by atoms with Crippen molar-refractivity contribution < 1.29 is 9.53 Å². The molecule has 5 unspecified atom stereocenters. The van der Waals surface area contributed by atoms with Crippen molar-refractivity contribution in [2.24, 2.45) is 16.8 Å². The van der Waals surface area contributed by atoms with Crippen LogP contribution in [0.3, 0.4) is 0 Å². The molecule has 1 heterocycles. The number of hydrogen-bond acceptors (Lipinski definition) is 5. The Morgan fingerprint density at radius 3 is 2.43 bits per heavy atom. The zero-order chi connectivity index (χ0) is 26.4. The second kappa shape index (κ2) is 13.0. The minimum atomic E-state index is -0.780. The third-order valence-corrected chi connectivity index (χ3v) is 9.70. The minimum Gasteiger partial charge on any atom is -0.467 e. The molecule has 0 amide bonds. The Hall–Kier alpha value is -1.59. The summed E-state index contributed by atoms with van der Waals surface area (Å²) in [6.07, 6.45) is 17.1. The number of methoxy groups -OCH3 is 1. The van der Waals surface area contributed by atoms with E-state index in [1.165, 1.54) is 70.5 Å². The molecular weight excluding hydrogens is 482 g/mol. The second-order valence-electron chi connectivity index (χ2n) is 11.9. The van der Waals surface area contributed by atoms with E-state index in [0.717, 1.165) is 30.7 Å². The molecule has 1 aromatic carbocycles. The van der Waals surface area contributed by atoms with Gasteiger partial charge in [0.05, 0.1) is 19.5 Å². The maximum Gasteiger partial charge on any atom is 0.335 e. The highest BCUT2D eigenvalue weighted by Crippen LogP contribution is 2.47. The molecular formula is C31H48ClN3O2. The lowest BCUT2D eigenvalue weighted by atomic mass is 9.68. The van der Waals surface area contributed by atoms with Gasteiger partial charge in [-0.2, -0.15) is 0 Å². The highest BCUT2D eigenvalue weighted by molar-refractivity contribution is 6.30. The molecule has 0 radical (unpaired) electrons. The number of nitrogens with zero attached hydrogens (tertiary/aromatic N) is 3. The van der Waals surface area contributed by atoms with Gasteiger partial charge in [-0.1, -0.05) is 82.0 Å². The molecule has 2 aliphatic carbocycles. The van der Waals surface area contributed by atoms with E-state index in [1.54, 1.807) is 0 Å². The van der Waals surface area contributed by atoms with Crippen LogP contribution in [0.5, 0.6) is 0 Å². The number of esters is 1. The summed E-state index contributed by atoms with van der Waals surface area (Å²) in [5.74, 6) is 0.912. The third-order valence-electron chi connectivity index (χ3n) is 9.45. The molecule has 37 heavy (non-hydrogen) atoms.